The highest BCUT2D eigenvalue weighted by Gasteiger charge is 2.17. The van der Waals surface area contributed by atoms with Gasteiger partial charge in [-0.15, -0.1) is 0 Å². The van der Waals surface area contributed by atoms with Crippen molar-refractivity contribution in [3.63, 3.8) is 0 Å². The lowest BCUT2D eigenvalue weighted by Crippen LogP contribution is -2.14. The Bertz CT molecular complexity index is 675. The van der Waals surface area contributed by atoms with E-state index in [4.69, 9.17) is 0 Å². The minimum absolute atomic E-state index is 0.0341. The number of ether oxygens (including phenoxy) is 1. The number of nitrogens with one attached hydrogen (secondary N) is 1. The van der Waals surface area contributed by atoms with Crippen molar-refractivity contribution in [1.29, 1.82) is 0 Å². The summed E-state index contributed by atoms with van der Waals surface area (Å²) < 4.78 is 55.2. The molecule has 0 aliphatic rings. The number of hydrogen-bond acceptors (Lipinski definition) is 3. The van der Waals surface area contributed by atoms with E-state index >= 15 is 0 Å². The molecule has 0 fully saturated rings. The second-order valence-corrected chi connectivity index (χ2v) is 5.48. The van der Waals surface area contributed by atoms with Gasteiger partial charge in [0.05, 0.1) is 10.6 Å². The van der Waals surface area contributed by atoms with Crippen LogP contribution < -0.4 is 9.46 Å². The summed E-state index contributed by atoms with van der Waals surface area (Å²) in [7, 11) is -3.85. The van der Waals surface area contributed by atoms with E-state index in [0.29, 0.717) is 0 Å². The van der Waals surface area contributed by atoms with Gasteiger partial charge in [0.2, 0.25) is 0 Å². The van der Waals surface area contributed by atoms with E-state index in [1.54, 1.807) is 18.2 Å². The van der Waals surface area contributed by atoms with Gasteiger partial charge in [0.1, 0.15) is 5.75 Å². The maximum atomic E-state index is 12.3. The fraction of sp³-hybridized carbons (Fsp3) is 0.0769. The first kappa shape index (κ1) is 14.3. The Kier molecular flexibility index (Phi) is 4.19. The topological polar surface area (TPSA) is 55.4 Å². The Morgan fingerprint density at radius 3 is 2.20 bits per heavy atom. The van der Waals surface area contributed by atoms with Gasteiger partial charge in [0.25, 0.3) is 10.0 Å². The van der Waals surface area contributed by atoms with Gasteiger partial charge in [-0.2, -0.15) is 8.78 Å². The van der Waals surface area contributed by atoms with E-state index in [-0.39, 0.29) is 16.3 Å². The standard InChI is InChI=1S/C13H11F2NO3S/c14-13(15)19-12-9-5-4-8-11(12)16-20(17,18)10-6-2-1-3-7-10/h1-9,13,16H. The number of anilines is 1. The van der Waals surface area contributed by atoms with Gasteiger partial charge < -0.3 is 4.74 Å². The van der Waals surface area contributed by atoms with Gasteiger partial charge in [0.15, 0.2) is 0 Å². The van der Waals surface area contributed by atoms with Crippen LogP contribution in [0.4, 0.5) is 14.5 Å². The van der Waals surface area contributed by atoms with E-state index in [1.165, 1.54) is 36.4 Å². The first-order valence-corrected chi connectivity index (χ1v) is 7.09. The van der Waals surface area contributed by atoms with Crippen molar-refractivity contribution >= 4 is 15.7 Å². The van der Waals surface area contributed by atoms with Crippen LogP contribution >= 0.6 is 0 Å². The average molecular weight is 299 g/mol. The van der Waals surface area contributed by atoms with E-state index in [2.05, 4.69) is 9.46 Å². The zero-order chi connectivity index (χ0) is 14.6. The van der Waals surface area contributed by atoms with Gasteiger partial charge in [-0.3, -0.25) is 4.72 Å². The lowest BCUT2D eigenvalue weighted by Gasteiger charge is -2.12. The van der Waals surface area contributed by atoms with Crippen molar-refractivity contribution in [2.24, 2.45) is 0 Å². The molecule has 0 aromatic heterocycles. The maximum absolute atomic E-state index is 12.3. The maximum Gasteiger partial charge on any atom is 0.387 e. The average Bonchev–Trinajstić information content (AvgIpc) is 2.41. The largest absolute Gasteiger partial charge is 0.433 e. The smallest absolute Gasteiger partial charge is 0.387 e. The van der Waals surface area contributed by atoms with Gasteiger partial charge >= 0.3 is 6.61 Å². The monoisotopic (exact) mass is 299 g/mol. The summed E-state index contributed by atoms with van der Waals surface area (Å²) >= 11 is 0. The fourth-order valence-corrected chi connectivity index (χ4v) is 2.64. The molecule has 0 saturated carbocycles. The van der Waals surface area contributed by atoms with Gasteiger partial charge in [-0.25, -0.2) is 8.42 Å². The van der Waals surface area contributed by atoms with Crippen LogP contribution in [0.2, 0.25) is 0 Å². The molecule has 0 atom stereocenters. The van der Waals surface area contributed by atoms with Crippen molar-refractivity contribution in [1.82, 2.24) is 0 Å². The molecule has 0 radical (unpaired) electrons. The van der Waals surface area contributed by atoms with Crippen LogP contribution in [-0.4, -0.2) is 15.0 Å². The third-order valence-electron chi connectivity index (χ3n) is 2.40. The number of rotatable bonds is 5. The van der Waals surface area contributed by atoms with Crippen LogP contribution in [0.15, 0.2) is 59.5 Å². The summed E-state index contributed by atoms with van der Waals surface area (Å²) in [4.78, 5) is 0.0341. The first-order valence-electron chi connectivity index (χ1n) is 5.61. The summed E-state index contributed by atoms with van der Waals surface area (Å²) in [6.07, 6.45) is 0. The van der Waals surface area contributed by atoms with Gasteiger partial charge in [-0.1, -0.05) is 30.3 Å². The molecule has 2 aromatic carbocycles. The van der Waals surface area contributed by atoms with Crippen molar-refractivity contribution < 1.29 is 21.9 Å². The molecule has 1 N–H and O–H groups in total. The number of benzene rings is 2. The molecule has 4 nitrogen and oxygen atoms in total. The minimum atomic E-state index is -3.85. The highest BCUT2D eigenvalue weighted by molar-refractivity contribution is 7.92. The third-order valence-corrected chi connectivity index (χ3v) is 3.78. The van der Waals surface area contributed by atoms with Crippen LogP contribution in [0.25, 0.3) is 0 Å². The highest BCUT2D eigenvalue weighted by atomic mass is 32.2. The van der Waals surface area contributed by atoms with E-state index < -0.39 is 16.6 Å². The minimum Gasteiger partial charge on any atom is -0.433 e. The molecule has 106 valence electrons. The SMILES string of the molecule is O=S(=O)(Nc1ccccc1OC(F)F)c1ccccc1. The Morgan fingerprint density at radius 2 is 1.55 bits per heavy atom. The predicted octanol–water partition coefficient (Wildman–Crippen LogP) is 3.09. The van der Waals surface area contributed by atoms with Crippen molar-refractivity contribution in [2.45, 2.75) is 11.5 Å². The number of hydrogen-bond donors (Lipinski definition) is 1. The van der Waals surface area contributed by atoms with Crippen LogP contribution in [-0.2, 0) is 10.0 Å². The Balaban J connectivity index is 2.31. The summed E-state index contributed by atoms with van der Waals surface area (Å²) in [6.45, 7) is -3.03. The molecule has 0 amide bonds. The van der Waals surface area contributed by atoms with Crippen LogP contribution in [0.3, 0.4) is 0 Å². The van der Waals surface area contributed by atoms with E-state index in [9.17, 15) is 17.2 Å². The second-order valence-electron chi connectivity index (χ2n) is 3.79. The molecule has 0 aliphatic carbocycles. The molecule has 20 heavy (non-hydrogen) atoms. The number of sulfonamides is 1. The van der Waals surface area contributed by atoms with Crippen LogP contribution in [0.1, 0.15) is 0 Å². The predicted molar refractivity (Wildman–Crippen MR) is 70.3 cm³/mol. The lowest BCUT2D eigenvalue weighted by atomic mass is 10.3. The second kappa shape index (κ2) is 5.87. The molecule has 0 heterocycles. The summed E-state index contributed by atoms with van der Waals surface area (Å²) in [6, 6.07) is 13.2. The molecule has 2 rings (SSSR count). The molecule has 7 heteroatoms. The van der Waals surface area contributed by atoms with Gasteiger partial charge in [0, 0.05) is 0 Å². The molecule has 0 saturated heterocycles. The van der Waals surface area contributed by atoms with Crippen molar-refractivity contribution in [3.8, 4) is 5.75 Å². The normalized spacial score (nSPS) is 11.3. The Labute approximate surface area is 115 Å². The summed E-state index contributed by atoms with van der Waals surface area (Å²) in [5.41, 5.74) is -0.0448. The van der Waals surface area contributed by atoms with Crippen LogP contribution in [0, 0.1) is 0 Å². The molecule has 0 bridgehead atoms. The first-order chi connectivity index (χ1) is 9.49. The van der Waals surface area contributed by atoms with E-state index in [1.807, 2.05) is 0 Å². The van der Waals surface area contributed by atoms with Crippen LogP contribution in [0.5, 0.6) is 5.75 Å². The zero-order valence-corrected chi connectivity index (χ0v) is 11.0. The lowest BCUT2D eigenvalue weighted by molar-refractivity contribution is -0.0493. The fourth-order valence-electron chi connectivity index (χ4n) is 1.55. The Morgan fingerprint density at radius 1 is 0.950 bits per heavy atom. The molecule has 0 unspecified atom stereocenters. The molecule has 0 aliphatic heterocycles. The highest BCUT2D eigenvalue weighted by Crippen LogP contribution is 2.27. The summed E-state index contributed by atoms with van der Waals surface area (Å²) in [5.74, 6) is -0.234. The van der Waals surface area contributed by atoms with Crippen molar-refractivity contribution in [2.75, 3.05) is 4.72 Å². The Hall–Kier alpha value is -2.15. The number of para-hydroxylation sites is 2. The zero-order valence-electron chi connectivity index (χ0n) is 10.2. The molecular formula is C13H11F2NO3S. The quantitative estimate of drug-likeness (QED) is 0.923. The van der Waals surface area contributed by atoms with Gasteiger partial charge in [-0.05, 0) is 24.3 Å². The van der Waals surface area contributed by atoms with E-state index in [0.717, 1.165) is 0 Å². The molecule has 2 aromatic rings. The number of alkyl halides is 2. The molecule has 0 spiro atoms. The van der Waals surface area contributed by atoms with Crippen molar-refractivity contribution in [3.05, 3.63) is 54.6 Å². The molecular weight excluding hydrogens is 288 g/mol. The third kappa shape index (κ3) is 3.45. The summed E-state index contributed by atoms with van der Waals surface area (Å²) in [5, 5.41) is 0. The number of halogens is 2.